The van der Waals surface area contributed by atoms with Crippen LogP contribution in [0.2, 0.25) is 0 Å². The van der Waals surface area contributed by atoms with Gasteiger partial charge in [-0.15, -0.1) is 11.8 Å². The number of amides is 1. The van der Waals surface area contributed by atoms with E-state index in [0.717, 1.165) is 5.56 Å². The molecule has 1 saturated carbocycles. The zero-order chi connectivity index (χ0) is 22.1. The van der Waals surface area contributed by atoms with Crippen LogP contribution in [0.25, 0.3) is 0 Å². The summed E-state index contributed by atoms with van der Waals surface area (Å²) < 4.78 is 0. The van der Waals surface area contributed by atoms with E-state index in [2.05, 4.69) is 29.4 Å². The maximum absolute atomic E-state index is 12.9. The molecule has 30 heavy (non-hydrogen) atoms. The van der Waals surface area contributed by atoms with Gasteiger partial charge < -0.3 is 16.2 Å². The first-order valence-electron chi connectivity index (χ1n) is 10.6. The highest BCUT2D eigenvalue weighted by atomic mass is 32.2. The summed E-state index contributed by atoms with van der Waals surface area (Å²) in [5.74, 6) is -1.39. The Labute approximate surface area is 183 Å². The molecule has 1 amide bonds. The lowest BCUT2D eigenvalue weighted by molar-refractivity contribution is -0.134. The summed E-state index contributed by atoms with van der Waals surface area (Å²) in [6, 6.07) is 7.81. The van der Waals surface area contributed by atoms with E-state index in [1.165, 1.54) is 5.56 Å². The summed E-state index contributed by atoms with van der Waals surface area (Å²) in [6.07, 6.45) is -0.0435. The van der Waals surface area contributed by atoms with E-state index in [1.54, 1.807) is 11.8 Å². The number of aliphatic hydroxyl groups excluding tert-OH is 1. The molecule has 1 heterocycles. The van der Waals surface area contributed by atoms with Crippen molar-refractivity contribution in [3.05, 3.63) is 35.4 Å². The van der Waals surface area contributed by atoms with Gasteiger partial charge in [-0.2, -0.15) is 0 Å². The molecule has 1 fully saturated rings. The van der Waals surface area contributed by atoms with Crippen molar-refractivity contribution >= 4 is 29.0 Å². The lowest BCUT2D eigenvalue weighted by atomic mass is 9.78. The molecule has 1 aromatic carbocycles. The third-order valence-electron chi connectivity index (χ3n) is 6.20. The van der Waals surface area contributed by atoms with Crippen molar-refractivity contribution in [1.29, 1.82) is 0 Å². The fourth-order valence-electron chi connectivity index (χ4n) is 4.16. The molecule has 4 unspecified atom stereocenters. The van der Waals surface area contributed by atoms with Gasteiger partial charge in [-0.05, 0) is 36.3 Å². The second-order valence-electron chi connectivity index (χ2n) is 9.60. The molecule has 0 spiro atoms. The molecule has 6 atom stereocenters. The van der Waals surface area contributed by atoms with Crippen LogP contribution >= 0.6 is 11.8 Å². The number of benzene rings is 1. The first kappa shape index (κ1) is 23.0. The Balaban J connectivity index is 1.60. The number of ketones is 1. The van der Waals surface area contributed by atoms with Crippen LogP contribution in [0.15, 0.2) is 29.3 Å². The van der Waals surface area contributed by atoms with Gasteiger partial charge >= 0.3 is 0 Å². The van der Waals surface area contributed by atoms with Gasteiger partial charge in [-0.3, -0.25) is 14.6 Å². The van der Waals surface area contributed by atoms with Crippen molar-refractivity contribution in [2.45, 2.75) is 70.5 Å². The molecule has 4 N–H and O–H groups in total. The lowest BCUT2D eigenvalue weighted by Crippen LogP contribution is -2.47. The second kappa shape index (κ2) is 9.20. The number of thioether (sulfide) groups is 1. The van der Waals surface area contributed by atoms with E-state index in [-0.39, 0.29) is 23.1 Å². The van der Waals surface area contributed by atoms with Crippen molar-refractivity contribution in [3.63, 3.8) is 0 Å². The number of carbonyl (C=O) groups excluding carboxylic acids is 2. The summed E-state index contributed by atoms with van der Waals surface area (Å²) in [7, 11) is 0. The fraction of sp³-hybridized carbons (Fsp3) is 0.609. The molecule has 7 heteroatoms. The van der Waals surface area contributed by atoms with Crippen LogP contribution in [0.5, 0.6) is 0 Å². The summed E-state index contributed by atoms with van der Waals surface area (Å²) in [6.45, 7) is 8.24. The Hall–Kier alpha value is -1.70. The van der Waals surface area contributed by atoms with Gasteiger partial charge in [0.25, 0.3) is 0 Å². The molecule has 1 aliphatic heterocycles. The summed E-state index contributed by atoms with van der Waals surface area (Å²) in [5, 5.41) is 13.4. The number of nitrogens with one attached hydrogen (secondary N) is 1. The van der Waals surface area contributed by atoms with Gasteiger partial charge in [0.15, 0.2) is 5.78 Å². The number of hydrogen-bond acceptors (Lipinski definition) is 6. The van der Waals surface area contributed by atoms with Crippen molar-refractivity contribution < 1.29 is 14.7 Å². The van der Waals surface area contributed by atoms with E-state index in [1.807, 2.05) is 38.5 Å². The number of aliphatic hydroxyl groups is 1. The molecular formula is C23H33N3O3S. The number of nitrogens with zero attached hydrogens (tertiary/aromatic N) is 1. The standard InChI is InChI=1S/C23H33N3O3S/c1-13-20(30-12-26-13)15-7-5-14(6-8-15)11-25-22(29)18-10-16(27)9-17(18)19(28)21(24)23(2,3)4/h5-8,12-13,16-18,20-21,27H,9-11,24H2,1-4H3,(H,25,29)/t13?,16?,17-,18?,20?,21-/m1/s1. The van der Waals surface area contributed by atoms with Crippen LogP contribution < -0.4 is 11.1 Å². The number of carbonyl (C=O) groups is 2. The van der Waals surface area contributed by atoms with Crippen LogP contribution in [0.3, 0.4) is 0 Å². The molecule has 3 rings (SSSR count). The molecule has 2 aliphatic rings. The topological polar surface area (TPSA) is 105 Å². The van der Waals surface area contributed by atoms with Crippen LogP contribution in [0, 0.1) is 17.3 Å². The van der Waals surface area contributed by atoms with Gasteiger partial charge in [0.2, 0.25) is 5.91 Å². The largest absolute Gasteiger partial charge is 0.393 e. The summed E-state index contributed by atoms with van der Waals surface area (Å²) in [4.78, 5) is 30.1. The Morgan fingerprint density at radius 3 is 2.43 bits per heavy atom. The van der Waals surface area contributed by atoms with Gasteiger partial charge in [-0.1, -0.05) is 45.0 Å². The molecule has 164 valence electrons. The maximum atomic E-state index is 12.9. The van der Waals surface area contributed by atoms with E-state index < -0.39 is 24.0 Å². The average molecular weight is 432 g/mol. The highest BCUT2D eigenvalue weighted by Gasteiger charge is 2.45. The molecule has 0 radical (unpaired) electrons. The van der Waals surface area contributed by atoms with Crippen molar-refractivity contribution in [1.82, 2.24) is 5.32 Å². The third kappa shape index (κ3) is 5.13. The minimum absolute atomic E-state index is 0.131. The van der Waals surface area contributed by atoms with Crippen LogP contribution in [-0.2, 0) is 16.1 Å². The molecule has 0 aromatic heterocycles. The zero-order valence-corrected chi connectivity index (χ0v) is 19.0. The van der Waals surface area contributed by atoms with Crippen molar-refractivity contribution in [2.75, 3.05) is 0 Å². The zero-order valence-electron chi connectivity index (χ0n) is 18.2. The van der Waals surface area contributed by atoms with Gasteiger partial charge in [0, 0.05) is 12.5 Å². The predicted octanol–water partition coefficient (Wildman–Crippen LogP) is 2.84. The van der Waals surface area contributed by atoms with E-state index in [9.17, 15) is 14.7 Å². The van der Waals surface area contributed by atoms with Crippen molar-refractivity contribution in [3.8, 4) is 0 Å². The molecule has 0 saturated heterocycles. The SMILES string of the molecule is CC1N=CSC1c1ccc(CNC(=O)C2CC(O)C[C@H]2C(=O)[C@@H](N)C(C)(C)C)cc1. The van der Waals surface area contributed by atoms with E-state index in [0.29, 0.717) is 24.6 Å². The Morgan fingerprint density at radius 2 is 1.87 bits per heavy atom. The fourth-order valence-corrected chi connectivity index (χ4v) is 5.17. The minimum Gasteiger partial charge on any atom is -0.393 e. The smallest absolute Gasteiger partial charge is 0.224 e. The Bertz CT molecular complexity index is 803. The van der Waals surface area contributed by atoms with E-state index >= 15 is 0 Å². The molecule has 6 nitrogen and oxygen atoms in total. The van der Waals surface area contributed by atoms with Gasteiger partial charge in [0.1, 0.15) is 0 Å². The van der Waals surface area contributed by atoms with Crippen LogP contribution in [-0.4, -0.2) is 40.5 Å². The summed E-state index contributed by atoms with van der Waals surface area (Å²) in [5.41, 5.74) is 9.89. The van der Waals surface area contributed by atoms with E-state index in [4.69, 9.17) is 5.73 Å². The number of hydrogen-bond donors (Lipinski definition) is 3. The average Bonchev–Trinajstić information content (AvgIpc) is 3.30. The highest BCUT2D eigenvalue weighted by molar-refractivity contribution is 8.12. The predicted molar refractivity (Wildman–Crippen MR) is 121 cm³/mol. The lowest BCUT2D eigenvalue weighted by Gasteiger charge is -2.29. The second-order valence-corrected chi connectivity index (χ2v) is 10.6. The number of rotatable bonds is 6. The molecule has 1 aliphatic carbocycles. The van der Waals surface area contributed by atoms with Gasteiger partial charge in [-0.25, -0.2) is 0 Å². The normalized spacial score (nSPS) is 29.7. The number of nitrogens with two attached hydrogens (primary N) is 1. The quantitative estimate of drug-likeness (QED) is 0.642. The first-order chi connectivity index (χ1) is 14.1. The molecule has 1 aromatic rings. The number of aliphatic imine (C=N–C) groups is 1. The number of Topliss-reactive ketones (excluding diaryl/α,β-unsaturated/α-hetero) is 1. The Morgan fingerprint density at radius 1 is 1.23 bits per heavy atom. The van der Waals surface area contributed by atoms with Crippen LogP contribution in [0.4, 0.5) is 0 Å². The monoisotopic (exact) mass is 431 g/mol. The highest BCUT2D eigenvalue weighted by Crippen LogP contribution is 2.37. The van der Waals surface area contributed by atoms with Gasteiger partial charge in [0.05, 0.1) is 34.9 Å². The Kier molecular flexibility index (Phi) is 7.05. The molecule has 0 bridgehead atoms. The summed E-state index contributed by atoms with van der Waals surface area (Å²) >= 11 is 1.72. The van der Waals surface area contributed by atoms with Crippen molar-refractivity contribution in [2.24, 2.45) is 28.0 Å². The first-order valence-corrected chi connectivity index (χ1v) is 11.5. The minimum atomic E-state index is -0.657. The third-order valence-corrected chi connectivity index (χ3v) is 7.40. The maximum Gasteiger partial charge on any atom is 0.224 e. The van der Waals surface area contributed by atoms with Crippen LogP contribution in [0.1, 0.15) is 56.9 Å². The molecular weight excluding hydrogens is 398 g/mol.